The molecule has 0 aromatic rings. The summed E-state index contributed by atoms with van der Waals surface area (Å²) in [5.41, 5.74) is 1.03. The van der Waals surface area contributed by atoms with Crippen molar-refractivity contribution in [2.24, 2.45) is 17.8 Å². The zero-order valence-electron chi connectivity index (χ0n) is 8.21. The molecule has 1 aliphatic rings. The van der Waals surface area contributed by atoms with Crippen molar-refractivity contribution < 1.29 is 4.79 Å². The van der Waals surface area contributed by atoms with Crippen LogP contribution in [-0.4, -0.2) is 5.78 Å². The minimum atomic E-state index is -0.108. The van der Waals surface area contributed by atoms with Gasteiger partial charge in [0, 0.05) is 12.3 Å². The molecule has 0 unspecified atom stereocenters. The van der Waals surface area contributed by atoms with Crippen LogP contribution >= 0.6 is 0 Å². The molecule has 70 valence electrons. The summed E-state index contributed by atoms with van der Waals surface area (Å²) in [4.78, 5) is 11.5. The molecule has 0 aromatic carbocycles. The normalized spacial score (nSPS) is 33.9. The second kappa shape index (κ2) is 3.74. The van der Waals surface area contributed by atoms with Crippen molar-refractivity contribution in [1.29, 1.82) is 5.26 Å². The van der Waals surface area contributed by atoms with Crippen LogP contribution in [0.1, 0.15) is 26.7 Å². The first-order chi connectivity index (χ1) is 6.06. The third-order valence-electron chi connectivity index (χ3n) is 2.96. The van der Waals surface area contributed by atoms with Gasteiger partial charge < -0.3 is 0 Å². The van der Waals surface area contributed by atoms with E-state index in [1.165, 1.54) is 0 Å². The molecule has 0 amide bonds. The largest absolute Gasteiger partial charge is 0.299 e. The summed E-state index contributed by atoms with van der Waals surface area (Å²) in [6.07, 6.45) is 1.38. The zero-order chi connectivity index (χ0) is 10.0. The van der Waals surface area contributed by atoms with Crippen molar-refractivity contribution in [2.45, 2.75) is 26.7 Å². The molecule has 0 spiro atoms. The van der Waals surface area contributed by atoms with Crippen LogP contribution in [0.3, 0.4) is 0 Å². The van der Waals surface area contributed by atoms with Gasteiger partial charge in [-0.25, -0.2) is 0 Å². The fraction of sp³-hybridized carbons (Fsp3) is 0.636. The summed E-state index contributed by atoms with van der Waals surface area (Å²) in [5, 5.41) is 8.85. The number of allylic oxidation sites excluding steroid dienone is 1. The lowest BCUT2D eigenvalue weighted by molar-refractivity contribution is -0.126. The van der Waals surface area contributed by atoms with Crippen molar-refractivity contribution in [3.63, 3.8) is 0 Å². The van der Waals surface area contributed by atoms with Gasteiger partial charge >= 0.3 is 0 Å². The van der Waals surface area contributed by atoms with Crippen LogP contribution in [0.2, 0.25) is 0 Å². The van der Waals surface area contributed by atoms with Crippen LogP contribution < -0.4 is 0 Å². The molecule has 1 aliphatic carbocycles. The molecule has 0 heterocycles. The number of carbonyl (C=O) groups is 1. The monoisotopic (exact) mass is 177 g/mol. The number of hydrogen-bond acceptors (Lipinski definition) is 2. The number of ketones is 1. The summed E-state index contributed by atoms with van der Waals surface area (Å²) in [6.45, 7) is 7.63. The van der Waals surface area contributed by atoms with E-state index in [4.69, 9.17) is 5.26 Å². The second-order valence-electron chi connectivity index (χ2n) is 3.97. The molecule has 1 saturated carbocycles. The highest BCUT2D eigenvalue weighted by molar-refractivity contribution is 5.82. The van der Waals surface area contributed by atoms with E-state index in [0.717, 1.165) is 12.0 Å². The fourth-order valence-corrected chi connectivity index (χ4v) is 1.79. The number of hydrogen-bond donors (Lipinski definition) is 0. The van der Waals surface area contributed by atoms with E-state index in [0.29, 0.717) is 6.42 Å². The van der Waals surface area contributed by atoms with Crippen molar-refractivity contribution in [3.05, 3.63) is 12.2 Å². The molecule has 0 N–H and O–H groups in total. The predicted molar refractivity (Wildman–Crippen MR) is 50.8 cm³/mol. The third-order valence-corrected chi connectivity index (χ3v) is 2.96. The van der Waals surface area contributed by atoms with Crippen molar-refractivity contribution in [3.8, 4) is 6.07 Å². The maximum atomic E-state index is 11.5. The van der Waals surface area contributed by atoms with Crippen molar-refractivity contribution in [1.82, 2.24) is 0 Å². The number of rotatable bonds is 1. The number of Topliss-reactive ketones (excluding diaryl/α,β-unsaturated/α-hetero) is 1. The average Bonchev–Trinajstić information content (AvgIpc) is 2.09. The van der Waals surface area contributed by atoms with Gasteiger partial charge in [0.1, 0.15) is 5.78 Å². The molecule has 0 bridgehead atoms. The quantitative estimate of drug-likeness (QED) is 0.577. The number of nitriles is 1. The summed E-state index contributed by atoms with van der Waals surface area (Å²) in [5.74, 6) is 0.252. The highest BCUT2D eigenvalue weighted by atomic mass is 16.1. The highest BCUT2D eigenvalue weighted by Gasteiger charge is 2.33. The van der Waals surface area contributed by atoms with E-state index in [1.54, 1.807) is 0 Å². The van der Waals surface area contributed by atoms with Crippen LogP contribution in [0.25, 0.3) is 0 Å². The molecule has 13 heavy (non-hydrogen) atoms. The maximum absolute atomic E-state index is 11.5. The molecule has 1 fully saturated rings. The minimum absolute atomic E-state index is 0.0828. The van der Waals surface area contributed by atoms with Crippen molar-refractivity contribution >= 4 is 5.78 Å². The second-order valence-corrected chi connectivity index (χ2v) is 3.97. The first kappa shape index (κ1) is 9.98. The molecule has 0 radical (unpaired) electrons. The SMILES string of the molecule is C=C(C)[C@@H]1CC(=O)[C@@H](C)[C@H](C#N)C1. The molecular weight excluding hydrogens is 162 g/mol. The molecule has 0 saturated heterocycles. The highest BCUT2D eigenvalue weighted by Crippen LogP contribution is 2.33. The molecule has 2 nitrogen and oxygen atoms in total. The van der Waals surface area contributed by atoms with Crippen LogP contribution in [0.15, 0.2) is 12.2 Å². The van der Waals surface area contributed by atoms with Gasteiger partial charge in [-0.15, -0.1) is 0 Å². The smallest absolute Gasteiger partial charge is 0.137 e. The molecule has 0 aromatic heterocycles. The van der Waals surface area contributed by atoms with E-state index < -0.39 is 0 Å². The van der Waals surface area contributed by atoms with Gasteiger partial charge in [-0.2, -0.15) is 5.26 Å². The summed E-state index contributed by atoms with van der Waals surface area (Å²) in [7, 11) is 0. The maximum Gasteiger partial charge on any atom is 0.137 e. The van der Waals surface area contributed by atoms with E-state index >= 15 is 0 Å². The Morgan fingerprint density at radius 2 is 2.31 bits per heavy atom. The zero-order valence-corrected chi connectivity index (χ0v) is 8.21. The Labute approximate surface area is 79.2 Å². The Morgan fingerprint density at radius 1 is 1.69 bits per heavy atom. The van der Waals surface area contributed by atoms with Crippen LogP contribution in [0, 0.1) is 29.1 Å². The average molecular weight is 177 g/mol. The Hall–Kier alpha value is -1.10. The lowest BCUT2D eigenvalue weighted by Crippen LogP contribution is -2.30. The third kappa shape index (κ3) is 1.98. The molecule has 3 atom stereocenters. The van der Waals surface area contributed by atoms with Gasteiger partial charge in [-0.3, -0.25) is 4.79 Å². The van der Waals surface area contributed by atoms with E-state index in [-0.39, 0.29) is 23.5 Å². The van der Waals surface area contributed by atoms with Gasteiger partial charge in [0.2, 0.25) is 0 Å². The van der Waals surface area contributed by atoms with Crippen molar-refractivity contribution in [2.75, 3.05) is 0 Å². The molecule has 0 aliphatic heterocycles. The number of carbonyl (C=O) groups excluding carboxylic acids is 1. The Morgan fingerprint density at radius 3 is 2.77 bits per heavy atom. The first-order valence-corrected chi connectivity index (χ1v) is 4.64. The number of nitrogens with zero attached hydrogens (tertiary/aromatic N) is 1. The topological polar surface area (TPSA) is 40.9 Å². The minimum Gasteiger partial charge on any atom is -0.299 e. The predicted octanol–water partition coefficient (Wildman–Crippen LogP) is 2.32. The Balaban J connectivity index is 2.76. The molecule has 1 rings (SSSR count). The summed E-state index contributed by atoms with van der Waals surface area (Å²) in [6, 6.07) is 2.21. The summed E-state index contributed by atoms with van der Waals surface area (Å²) < 4.78 is 0. The first-order valence-electron chi connectivity index (χ1n) is 4.64. The molecular formula is C11H15NO. The van der Waals surface area contributed by atoms with Gasteiger partial charge in [-0.05, 0) is 19.3 Å². The fourth-order valence-electron chi connectivity index (χ4n) is 1.79. The van der Waals surface area contributed by atoms with Gasteiger partial charge in [0.15, 0.2) is 0 Å². The van der Waals surface area contributed by atoms with Gasteiger partial charge in [0.05, 0.1) is 12.0 Å². The molecule has 2 heteroatoms. The lowest BCUT2D eigenvalue weighted by Gasteiger charge is -2.29. The van der Waals surface area contributed by atoms with E-state index in [9.17, 15) is 4.79 Å². The summed E-state index contributed by atoms with van der Waals surface area (Å²) >= 11 is 0. The van der Waals surface area contributed by atoms with E-state index in [2.05, 4.69) is 12.6 Å². The van der Waals surface area contributed by atoms with Gasteiger partial charge in [-0.1, -0.05) is 19.1 Å². The van der Waals surface area contributed by atoms with E-state index in [1.807, 2.05) is 13.8 Å². The standard InChI is InChI=1S/C11H15NO/c1-7(2)9-4-10(6-12)8(3)11(13)5-9/h8-10H,1,4-5H2,2-3H3/t8-,9-,10-/m0/s1. The van der Waals surface area contributed by atoms with Gasteiger partial charge in [0.25, 0.3) is 0 Å². The van der Waals surface area contributed by atoms with Crippen LogP contribution in [0.4, 0.5) is 0 Å². The van der Waals surface area contributed by atoms with Crippen LogP contribution in [-0.2, 0) is 4.79 Å². The Kier molecular flexibility index (Phi) is 2.87. The lowest BCUT2D eigenvalue weighted by atomic mass is 9.73. The van der Waals surface area contributed by atoms with Crippen LogP contribution in [0.5, 0.6) is 0 Å². The Bertz CT molecular complexity index is 274.